The number of benzene rings is 3. The molecule has 1 aliphatic rings. The fraction of sp³-hybridized carbons (Fsp3) is 0.491. The van der Waals surface area contributed by atoms with Crippen LogP contribution in [0.2, 0.25) is 0 Å². The first kappa shape index (κ1) is 59.2. The van der Waals surface area contributed by atoms with Crippen LogP contribution in [0.3, 0.4) is 0 Å². The number of imidazole rings is 2. The van der Waals surface area contributed by atoms with Gasteiger partial charge in [-0.15, -0.1) is 12.8 Å². The van der Waals surface area contributed by atoms with E-state index < -0.39 is 0 Å². The average molecular weight is 917 g/mol. The van der Waals surface area contributed by atoms with E-state index >= 15 is 0 Å². The van der Waals surface area contributed by atoms with Crippen molar-refractivity contribution in [1.29, 1.82) is 0 Å². The number of terminal acetylenes is 1. The number of aliphatic hydroxyl groups excluding tert-OH is 1. The molecule has 6 rings (SSSR count). The Morgan fingerprint density at radius 2 is 1.42 bits per heavy atom. The Labute approximate surface area is 406 Å². The maximum Gasteiger partial charge on any atom is 0.217 e. The minimum Gasteiger partial charge on any atom is -0.405 e. The topological polar surface area (TPSA) is 139 Å². The number of nitrogens with one attached hydrogen (secondary N) is 3. The summed E-state index contributed by atoms with van der Waals surface area (Å²) in [5.74, 6) is 2.25. The molecular formula is C57H88N8O2. The zero-order valence-electron chi connectivity index (χ0n) is 43.6. The van der Waals surface area contributed by atoms with Crippen LogP contribution in [0.5, 0.6) is 0 Å². The number of hydrogen-bond acceptors (Lipinski definition) is 7. The Balaban J connectivity index is 0.00000123. The second kappa shape index (κ2) is 32.0. The van der Waals surface area contributed by atoms with Gasteiger partial charge in [-0.1, -0.05) is 125 Å². The largest absolute Gasteiger partial charge is 0.405 e. The predicted molar refractivity (Wildman–Crippen MR) is 289 cm³/mol. The van der Waals surface area contributed by atoms with Crippen LogP contribution in [-0.4, -0.2) is 66.5 Å². The number of nitrogens with two attached hydrogens (primary N) is 1. The Bertz CT molecular complexity index is 2260. The fourth-order valence-corrected chi connectivity index (χ4v) is 7.97. The maximum absolute atomic E-state index is 11.6. The minimum atomic E-state index is -0.0580. The highest BCUT2D eigenvalue weighted by atomic mass is 16.2. The van der Waals surface area contributed by atoms with Crippen LogP contribution in [0.4, 0.5) is 0 Å². The molecule has 1 aliphatic carbocycles. The molecule has 0 fully saturated rings. The Kier molecular flexibility index (Phi) is 28.3. The third-order valence-corrected chi connectivity index (χ3v) is 12.3. The molecule has 0 radical (unpaired) electrons. The first-order valence-corrected chi connectivity index (χ1v) is 24.7. The Morgan fingerprint density at radius 3 is 1.99 bits per heavy atom. The third-order valence-electron chi connectivity index (χ3n) is 12.3. The molecule has 368 valence electrons. The first-order valence-electron chi connectivity index (χ1n) is 24.7. The summed E-state index contributed by atoms with van der Waals surface area (Å²) in [6.45, 7) is 37.0. The van der Waals surface area contributed by atoms with Crippen molar-refractivity contribution in [3.05, 3.63) is 109 Å². The monoisotopic (exact) mass is 917 g/mol. The smallest absolute Gasteiger partial charge is 0.217 e. The molecule has 10 heteroatoms. The van der Waals surface area contributed by atoms with Crippen LogP contribution in [0.1, 0.15) is 150 Å². The van der Waals surface area contributed by atoms with E-state index in [4.69, 9.17) is 15.1 Å². The van der Waals surface area contributed by atoms with Crippen molar-refractivity contribution < 1.29 is 9.90 Å². The van der Waals surface area contributed by atoms with Crippen LogP contribution < -0.4 is 11.1 Å². The molecule has 5 aromatic rings. The van der Waals surface area contributed by atoms with Crippen LogP contribution in [0, 0.1) is 18.8 Å². The van der Waals surface area contributed by atoms with Crippen molar-refractivity contribution in [2.75, 3.05) is 13.7 Å². The van der Waals surface area contributed by atoms with Gasteiger partial charge in [-0.05, 0) is 116 Å². The van der Waals surface area contributed by atoms with Gasteiger partial charge in [-0.25, -0.2) is 9.97 Å². The van der Waals surface area contributed by atoms with Gasteiger partial charge in [0.2, 0.25) is 5.91 Å². The van der Waals surface area contributed by atoms with Gasteiger partial charge in [-0.2, -0.15) is 0 Å². The molecule has 2 aromatic heterocycles. The number of carbonyl (C=O) groups excluding carboxylic acids is 1. The van der Waals surface area contributed by atoms with Crippen LogP contribution in [0.15, 0.2) is 86.0 Å². The molecule has 1 amide bonds. The normalized spacial score (nSPS) is 12.1. The number of H-pyrrole nitrogens is 2. The maximum atomic E-state index is 11.6. The lowest BCUT2D eigenvalue weighted by atomic mass is 9.83. The number of aromatic nitrogens is 4. The first-order chi connectivity index (χ1) is 32.3. The van der Waals surface area contributed by atoms with Crippen molar-refractivity contribution in [2.24, 2.45) is 11.7 Å². The Morgan fingerprint density at radius 1 is 0.836 bits per heavy atom. The van der Waals surface area contributed by atoms with Gasteiger partial charge >= 0.3 is 0 Å². The molecule has 1 unspecified atom stereocenters. The Hall–Kier alpha value is -5.79. The molecule has 3 atom stereocenters. The number of aryl methyl sites for hydroxylation is 2. The fourth-order valence-electron chi connectivity index (χ4n) is 7.97. The average Bonchev–Trinajstić information content (AvgIpc) is 4.02. The number of carbonyl (C=O) groups is 1. The second-order valence-corrected chi connectivity index (χ2v) is 16.8. The summed E-state index contributed by atoms with van der Waals surface area (Å²) in [4.78, 5) is 33.3. The summed E-state index contributed by atoms with van der Waals surface area (Å²) in [5, 5.41) is 12.3. The second-order valence-electron chi connectivity index (χ2n) is 16.8. The molecule has 0 saturated carbocycles. The van der Waals surface area contributed by atoms with E-state index in [1.807, 2.05) is 20.0 Å². The molecule has 0 bridgehead atoms. The quantitative estimate of drug-likeness (QED) is 0.0410. The molecule has 3 aromatic carbocycles. The van der Waals surface area contributed by atoms with E-state index in [0.29, 0.717) is 25.0 Å². The number of aromatic amines is 2. The van der Waals surface area contributed by atoms with E-state index in [1.165, 1.54) is 89.5 Å². The summed E-state index contributed by atoms with van der Waals surface area (Å²) in [7, 11) is 1.00. The highest BCUT2D eigenvalue weighted by molar-refractivity contribution is 6.06. The molecule has 6 N–H and O–H groups in total. The van der Waals surface area contributed by atoms with Gasteiger partial charge in [-0.3, -0.25) is 4.79 Å². The minimum absolute atomic E-state index is 0.0580. The number of nitrogens with zero attached hydrogens (tertiary/aromatic N) is 4. The highest BCUT2D eigenvalue weighted by Gasteiger charge is 2.23. The van der Waals surface area contributed by atoms with Crippen molar-refractivity contribution in [3.8, 4) is 35.2 Å². The standard InChI is InChI=1S/C43H55N7O.C7H16.C2H5N.C2H6.C2H2.CH4O/c1-10-26(4)30(8)50(28(6)12-3)24-41-45-23-40(47-41)35-15-17-36-32(19-35)13-14-33-21-38-34(20-37(33)36)16-18-39-43(38)48-42(46-39)25-49(27(5)11-2)29(7)22-44-31(9)51;1-3-5-7-6-4-2;1-2-3;3*1-2/h15-21,23,26-28H,7-8,10-14,22,24-25H2,1-6,9H3,(H,44,51)(H,45,47)(H,46,48);3-7H2,1-2H3;2H,1,3H2;1-2H3;1-2H;2H,1H3/t26?,27-,28-;;;;;/m0...../s1. The van der Waals surface area contributed by atoms with E-state index in [-0.39, 0.29) is 11.9 Å². The van der Waals surface area contributed by atoms with Gasteiger partial charge in [0.1, 0.15) is 11.6 Å². The van der Waals surface area contributed by atoms with E-state index in [9.17, 15) is 4.79 Å². The van der Waals surface area contributed by atoms with Crippen LogP contribution in [0.25, 0.3) is 44.2 Å². The van der Waals surface area contributed by atoms with Gasteiger partial charge in [0.05, 0.1) is 42.6 Å². The summed E-state index contributed by atoms with van der Waals surface area (Å²) < 4.78 is 0. The number of rotatable bonds is 19. The molecule has 0 spiro atoms. The predicted octanol–water partition coefficient (Wildman–Crippen LogP) is 13.2. The number of fused-ring (bicyclic) bond motifs is 6. The van der Waals surface area contributed by atoms with Crippen LogP contribution >= 0.6 is 0 Å². The number of hydrogen-bond donors (Lipinski definition) is 5. The molecular weight excluding hydrogens is 829 g/mol. The third kappa shape index (κ3) is 17.1. The lowest BCUT2D eigenvalue weighted by Crippen LogP contribution is -2.36. The van der Waals surface area contributed by atoms with Crippen LogP contribution in [-0.2, 0) is 30.7 Å². The van der Waals surface area contributed by atoms with E-state index in [1.54, 1.807) is 0 Å². The van der Waals surface area contributed by atoms with Crippen molar-refractivity contribution in [1.82, 2.24) is 35.1 Å². The molecule has 0 saturated heterocycles. The van der Waals surface area contributed by atoms with Gasteiger partial charge < -0.3 is 35.9 Å². The van der Waals surface area contributed by atoms with Gasteiger partial charge in [0, 0.05) is 42.9 Å². The lowest BCUT2D eigenvalue weighted by molar-refractivity contribution is -0.118. The molecule has 10 nitrogen and oxygen atoms in total. The lowest BCUT2D eigenvalue weighted by Gasteiger charge is -2.34. The van der Waals surface area contributed by atoms with Crippen molar-refractivity contribution >= 4 is 27.7 Å². The number of unbranched alkanes of at least 4 members (excludes halogenated alkanes) is 4. The van der Waals surface area contributed by atoms with Gasteiger partial charge in [0.25, 0.3) is 0 Å². The number of allylic oxidation sites excluding steroid dienone is 1. The van der Waals surface area contributed by atoms with E-state index in [0.717, 1.165) is 79.8 Å². The van der Waals surface area contributed by atoms with Crippen molar-refractivity contribution in [2.45, 2.75) is 166 Å². The SMILES string of the molecule is C#C.C=C(CNC(C)=O)N(Cc1nc2c(ccc3cc4c(cc32)CCc2cc(-c3cnc(CN(C(=C)C(C)CC)[C@@H](C)CC)[nH]3)ccc2-4)[nH]1)[C@@H](C)CC.C=CN.CC.CCCCCCC.CO. The molecule has 2 heterocycles. The summed E-state index contributed by atoms with van der Waals surface area (Å²) in [6.07, 6.45) is 23.3. The number of aliphatic hydroxyl groups is 1. The summed E-state index contributed by atoms with van der Waals surface area (Å²) >= 11 is 0. The number of amides is 1. The zero-order chi connectivity index (χ0) is 50.6. The van der Waals surface area contributed by atoms with Gasteiger partial charge in [0.15, 0.2) is 0 Å². The molecule has 0 aliphatic heterocycles. The highest BCUT2D eigenvalue weighted by Crippen LogP contribution is 2.39. The summed E-state index contributed by atoms with van der Waals surface area (Å²) in [5.41, 5.74) is 16.3. The summed E-state index contributed by atoms with van der Waals surface area (Å²) in [6, 6.07) is 16.6. The van der Waals surface area contributed by atoms with Crippen molar-refractivity contribution in [3.63, 3.8) is 0 Å². The zero-order valence-corrected chi connectivity index (χ0v) is 43.6. The molecule has 67 heavy (non-hydrogen) atoms. The van der Waals surface area contributed by atoms with E-state index in [2.05, 4.69) is 161 Å².